The number of aromatic amines is 1. The Bertz CT molecular complexity index is 565. The Balaban J connectivity index is 1.89. The van der Waals surface area contributed by atoms with E-state index in [0.717, 1.165) is 21.2 Å². The number of hydrogen-bond acceptors (Lipinski definition) is 3. The monoisotopic (exact) mass is 376 g/mol. The van der Waals surface area contributed by atoms with Crippen molar-refractivity contribution in [2.75, 3.05) is 0 Å². The number of nitrogens with one attached hydrogen (secondary N) is 2. The Morgan fingerprint density at radius 1 is 1.24 bits per heavy atom. The van der Waals surface area contributed by atoms with Crippen molar-refractivity contribution in [1.82, 2.24) is 10.3 Å². The van der Waals surface area contributed by atoms with Gasteiger partial charge in [-0.15, -0.1) is 0 Å². The van der Waals surface area contributed by atoms with Gasteiger partial charge in [0.15, 0.2) is 0 Å². The van der Waals surface area contributed by atoms with Gasteiger partial charge in [-0.1, -0.05) is 17.4 Å². The number of halogens is 2. The van der Waals surface area contributed by atoms with Crippen LogP contribution in [-0.4, -0.2) is 4.98 Å². The molecular formula is C11H10Br2N2OS. The van der Waals surface area contributed by atoms with E-state index in [-0.39, 0.29) is 4.87 Å². The maximum atomic E-state index is 10.9. The SMILES string of the molecule is O=c1[nH]c(CNCc2ccc(Br)c(Br)c2)cs1. The molecule has 0 saturated heterocycles. The molecule has 0 radical (unpaired) electrons. The van der Waals surface area contributed by atoms with Gasteiger partial charge < -0.3 is 10.3 Å². The highest BCUT2D eigenvalue weighted by Crippen LogP contribution is 2.23. The fourth-order valence-electron chi connectivity index (χ4n) is 1.39. The normalized spacial score (nSPS) is 10.7. The van der Waals surface area contributed by atoms with Crippen LogP contribution < -0.4 is 10.2 Å². The zero-order valence-corrected chi connectivity index (χ0v) is 12.8. The maximum Gasteiger partial charge on any atom is 0.304 e. The van der Waals surface area contributed by atoms with Crippen LogP contribution in [0.25, 0.3) is 0 Å². The van der Waals surface area contributed by atoms with Crippen molar-refractivity contribution in [1.29, 1.82) is 0 Å². The summed E-state index contributed by atoms with van der Waals surface area (Å²) in [6.07, 6.45) is 0. The minimum atomic E-state index is -0.00631. The first-order chi connectivity index (χ1) is 8.15. The van der Waals surface area contributed by atoms with Crippen LogP contribution >= 0.6 is 43.2 Å². The molecule has 2 N–H and O–H groups in total. The zero-order chi connectivity index (χ0) is 12.3. The summed E-state index contributed by atoms with van der Waals surface area (Å²) in [6, 6.07) is 6.12. The average molecular weight is 378 g/mol. The van der Waals surface area contributed by atoms with Gasteiger partial charge in [-0.05, 0) is 49.6 Å². The third kappa shape index (κ3) is 3.77. The first kappa shape index (κ1) is 13.0. The molecule has 0 spiro atoms. The van der Waals surface area contributed by atoms with E-state index in [2.05, 4.69) is 54.3 Å². The molecule has 0 amide bonds. The van der Waals surface area contributed by atoms with E-state index in [4.69, 9.17) is 0 Å². The van der Waals surface area contributed by atoms with Gasteiger partial charge >= 0.3 is 4.87 Å². The number of aromatic nitrogens is 1. The van der Waals surface area contributed by atoms with Crippen molar-refractivity contribution in [3.63, 3.8) is 0 Å². The third-order valence-corrected chi connectivity index (χ3v) is 4.80. The smallest absolute Gasteiger partial charge is 0.304 e. The highest BCUT2D eigenvalue weighted by Gasteiger charge is 2.00. The van der Waals surface area contributed by atoms with Crippen molar-refractivity contribution in [2.45, 2.75) is 13.1 Å². The summed E-state index contributed by atoms with van der Waals surface area (Å²) < 4.78 is 2.09. The molecule has 0 aliphatic carbocycles. The molecular weight excluding hydrogens is 368 g/mol. The van der Waals surface area contributed by atoms with Crippen molar-refractivity contribution in [2.24, 2.45) is 0 Å². The summed E-state index contributed by atoms with van der Waals surface area (Å²) in [5, 5.41) is 5.12. The standard InChI is InChI=1S/C11H10Br2N2OS/c12-9-2-1-7(3-10(9)13)4-14-5-8-6-17-11(16)15-8/h1-3,6,14H,4-5H2,(H,15,16). The lowest BCUT2D eigenvalue weighted by atomic mass is 10.2. The molecule has 0 fully saturated rings. The molecule has 2 aromatic rings. The molecule has 0 bridgehead atoms. The van der Waals surface area contributed by atoms with E-state index in [1.54, 1.807) is 0 Å². The van der Waals surface area contributed by atoms with Crippen LogP contribution in [0.3, 0.4) is 0 Å². The largest absolute Gasteiger partial charge is 0.315 e. The van der Waals surface area contributed by atoms with Gasteiger partial charge in [-0.25, -0.2) is 0 Å². The van der Waals surface area contributed by atoms with E-state index in [1.807, 2.05) is 11.4 Å². The van der Waals surface area contributed by atoms with Gasteiger partial charge in [-0.3, -0.25) is 4.79 Å². The molecule has 1 aromatic heterocycles. The van der Waals surface area contributed by atoms with Crippen LogP contribution in [0.1, 0.15) is 11.3 Å². The second kappa shape index (κ2) is 5.95. The predicted molar refractivity (Wildman–Crippen MR) is 77.3 cm³/mol. The number of hydrogen-bond donors (Lipinski definition) is 2. The van der Waals surface area contributed by atoms with E-state index >= 15 is 0 Å². The van der Waals surface area contributed by atoms with Crippen molar-refractivity contribution in [3.8, 4) is 0 Å². The summed E-state index contributed by atoms with van der Waals surface area (Å²) >= 11 is 8.09. The minimum absolute atomic E-state index is 0.00631. The van der Waals surface area contributed by atoms with Crippen LogP contribution in [0.2, 0.25) is 0 Å². The van der Waals surface area contributed by atoms with E-state index in [0.29, 0.717) is 6.54 Å². The van der Waals surface area contributed by atoms with Gasteiger partial charge in [0, 0.05) is 33.1 Å². The topological polar surface area (TPSA) is 44.9 Å². The van der Waals surface area contributed by atoms with Gasteiger partial charge in [0.2, 0.25) is 0 Å². The number of H-pyrrole nitrogens is 1. The molecule has 0 saturated carbocycles. The van der Waals surface area contributed by atoms with Crippen LogP contribution in [-0.2, 0) is 13.1 Å². The van der Waals surface area contributed by atoms with Crippen LogP contribution in [0, 0.1) is 0 Å². The number of rotatable bonds is 4. The summed E-state index contributed by atoms with van der Waals surface area (Å²) in [6.45, 7) is 1.44. The van der Waals surface area contributed by atoms with E-state index < -0.39 is 0 Å². The highest BCUT2D eigenvalue weighted by molar-refractivity contribution is 9.13. The van der Waals surface area contributed by atoms with Crippen LogP contribution in [0.5, 0.6) is 0 Å². The van der Waals surface area contributed by atoms with Gasteiger partial charge in [0.05, 0.1) is 0 Å². The van der Waals surface area contributed by atoms with E-state index in [1.165, 1.54) is 16.9 Å². The Hall–Kier alpha value is -0.430. The molecule has 17 heavy (non-hydrogen) atoms. The van der Waals surface area contributed by atoms with E-state index in [9.17, 15) is 4.79 Å². The summed E-state index contributed by atoms with van der Waals surface area (Å²) in [7, 11) is 0. The molecule has 0 aliphatic rings. The van der Waals surface area contributed by atoms with Gasteiger partial charge in [0.25, 0.3) is 0 Å². The molecule has 1 aromatic carbocycles. The molecule has 0 atom stereocenters. The quantitative estimate of drug-likeness (QED) is 0.858. The second-order valence-electron chi connectivity index (χ2n) is 3.53. The third-order valence-electron chi connectivity index (χ3n) is 2.20. The zero-order valence-electron chi connectivity index (χ0n) is 8.80. The summed E-state index contributed by atoms with van der Waals surface area (Å²) in [5.74, 6) is 0. The lowest BCUT2D eigenvalue weighted by Crippen LogP contribution is -2.13. The van der Waals surface area contributed by atoms with Crippen molar-refractivity contribution in [3.05, 3.63) is 53.4 Å². The second-order valence-corrected chi connectivity index (χ2v) is 6.08. The Morgan fingerprint density at radius 2 is 2.06 bits per heavy atom. The average Bonchev–Trinajstić information content (AvgIpc) is 2.70. The molecule has 90 valence electrons. The molecule has 1 heterocycles. The Morgan fingerprint density at radius 3 is 2.71 bits per heavy atom. The number of benzene rings is 1. The van der Waals surface area contributed by atoms with Gasteiger partial charge in [0.1, 0.15) is 0 Å². The lowest BCUT2D eigenvalue weighted by molar-refractivity contribution is 0.681. The molecule has 3 nitrogen and oxygen atoms in total. The van der Waals surface area contributed by atoms with Crippen molar-refractivity contribution < 1.29 is 0 Å². The maximum absolute atomic E-state index is 10.9. The lowest BCUT2D eigenvalue weighted by Gasteiger charge is -2.05. The molecule has 0 aliphatic heterocycles. The molecule has 0 unspecified atom stereocenters. The molecule has 2 rings (SSSR count). The highest BCUT2D eigenvalue weighted by atomic mass is 79.9. The summed E-state index contributed by atoms with van der Waals surface area (Å²) in [5.41, 5.74) is 2.12. The van der Waals surface area contributed by atoms with Crippen LogP contribution in [0.15, 0.2) is 37.3 Å². The fourth-order valence-corrected chi connectivity index (χ4v) is 2.65. The fraction of sp³-hybridized carbons (Fsp3) is 0.182. The first-order valence-electron chi connectivity index (χ1n) is 4.96. The number of thiazole rings is 1. The Kier molecular flexibility index (Phi) is 4.55. The predicted octanol–water partition coefficient (Wildman–Crippen LogP) is 3.25. The van der Waals surface area contributed by atoms with Crippen LogP contribution in [0.4, 0.5) is 0 Å². The minimum Gasteiger partial charge on any atom is -0.315 e. The van der Waals surface area contributed by atoms with Gasteiger partial charge in [-0.2, -0.15) is 0 Å². The Labute approximate surface area is 120 Å². The summed E-state index contributed by atoms with van der Waals surface area (Å²) in [4.78, 5) is 13.7. The molecule has 6 heteroatoms. The van der Waals surface area contributed by atoms with Crippen molar-refractivity contribution >= 4 is 43.2 Å². The first-order valence-corrected chi connectivity index (χ1v) is 7.43.